The van der Waals surface area contributed by atoms with Crippen molar-refractivity contribution in [2.24, 2.45) is 5.92 Å². The monoisotopic (exact) mass is 258 g/mol. The van der Waals surface area contributed by atoms with E-state index in [9.17, 15) is 0 Å². The second-order valence-electron chi connectivity index (χ2n) is 5.31. The molecule has 0 aromatic heterocycles. The molecular weight excluding hydrogens is 235 g/mol. The Labute approximate surface area is 135 Å². The van der Waals surface area contributed by atoms with Crippen molar-refractivity contribution in [2.75, 3.05) is 0 Å². The van der Waals surface area contributed by atoms with Crippen LogP contribution >= 0.6 is 0 Å². The van der Waals surface area contributed by atoms with Crippen molar-refractivity contribution in [1.82, 2.24) is 0 Å². The number of benzene rings is 2. The molecule has 2 rings (SSSR count). The van der Waals surface area contributed by atoms with Crippen LogP contribution in [-0.2, 0) is 0 Å². The summed E-state index contributed by atoms with van der Waals surface area (Å²) in [6.07, 6.45) is 3.71. The van der Waals surface area contributed by atoms with Crippen molar-refractivity contribution in [3.8, 4) is 0 Å². The van der Waals surface area contributed by atoms with Gasteiger partial charge in [0.15, 0.2) is 0 Å². The van der Waals surface area contributed by atoms with Crippen molar-refractivity contribution in [2.45, 2.75) is 33.1 Å². The molecule has 2 aromatic carbocycles. The Bertz CT molecular complexity index is 424. The van der Waals surface area contributed by atoms with E-state index in [1.807, 2.05) is 0 Å². The van der Waals surface area contributed by atoms with E-state index in [2.05, 4.69) is 74.5 Å². The molecule has 2 aromatic rings. The third-order valence-corrected chi connectivity index (χ3v) is 3.58. The van der Waals surface area contributed by atoms with E-state index in [-0.39, 0.29) is 18.9 Å². The zero-order valence-corrected chi connectivity index (χ0v) is 13.0. The molecule has 0 nitrogen and oxygen atoms in total. The van der Waals surface area contributed by atoms with Crippen LogP contribution in [0.3, 0.4) is 0 Å². The maximum Gasteiger partial charge on any atom is 1.00 e. The van der Waals surface area contributed by atoms with E-state index in [0.29, 0.717) is 0 Å². The van der Waals surface area contributed by atoms with Gasteiger partial charge in [0.2, 0.25) is 0 Å². The minimum absolute atomic E-state index is 0. The predicted octanol–water partition coefficient (Wildman–Crippen LogP) is 2.49. The number of rotatable bonds is 6. The fraction of sp³-hybridized carbons (Fsp3) is 0.316. The van der Waals surface area contributed by atoms with Crippen molar-refractivity contribution < 1.29 is 18.9 Å². The zero-order chi connectivity index (χ0) is 13.5. The van der Waals surface area contributed by atoms with E-state index in [4.69, 9.17) is 0 Å². The Morgan fingerprint density at radius 3 is 1.70 bits per heavy atom. The first-order chi connectivity index (χ1) is 9.31. The summed E-state index contributed by atoms with van der Waals surface area (Å²) in [7, 11) is 0. The first-order valence-electron chi connectivity index (χ1n) is 7.28. The molecule has 0 radical (unpaired) electrons. The van der Waals surface area contributed by atoms with Gasteiger partial charge in [-0.1, -0.05) is 69.5 Å². The van der Waals surface area contributed by atoms with Gasteiger partial charge in [-0.25, -0.2) is 0 Å². The summed E-state index contributed by atoms with van der Waals surface area (Å²) in [6, 6.07) is 21.6. The molecule has 0 saturated heterocycles. The average Bonchev–Trinajstić information content (AvgIpc) is 2.47. The Morgan fingerprint density at radius 2 is 1.30 bits per heavy atom. The van der Waals surface area contributed by atoms with Crippen LogP contribution in [0.2, 0.25) is 0 Å². The van der Waals surface area contributed by atoms with Crippen molar-refractivity contribution >= 4 is 0 Å². The summed E-state index contributed by atoms with van der Waals surface area (Å²) >= 11 is 0. The molecule has 0 amide bonds. The summed E-state index contributed by atoms with van der Waals surface area (Å²) in [5.41, 5.74) is 2.72. The van der Waals surface area contributed by atoms with Gasteiger partial charge >= 0.3 is 18.9 Å². The molecule has 0 heterocycles. The standard InChI is InChI=1S/C19H23.Li/c1-3-10-16(2)15-19(17-11-6-4-7-12-17)18-13-8-5-9-14-18;/h4-9,11-14,16H,3,10,15H2,1-2H3;/q-1;+1. The third kappa shape index (κ3) is 4.78. The van der Waals surface area contributed by atoms with Crippen LogP contribution in [0.15, 0.2) is 60.7 Å². The van der Waals surface area contributed by atoms with Crippen molar-refractivity contribution in [3.63, 3.8) is 0 Å². The quantitative estimate of drug-likeness (QED) is 0.551. The SMILES string of the molecule is CCCC(C)C[C-](c1ccccc1)c1ccccc1.[Li+]. The summed E-state index contributed by atoms with van der Waals surface area (Å²) in [5.74, 6) is 2.21. The fourth-order valence-corrected chi connectivity index (χ4v) is 2.62. The maximum absolute atomic E-state index is 2.36. The number of hydrogen-bond acceptors (Lipinski definition) is 0. The Morgan fingerprint density at radius 1 is 0.850 bits per heavy atom. The molecule has 0 bridgehead atoms. The molecule has 0 aliphatic rings. The second kappa shape index (κ2) is 8.96. The Balaban J connectivity index is 0.00000200. The van der Waals surface area contributed by atoms with Gasteiger partial charge in [0, 0.05) is 0 Å². The van der Waals surface area contributed by atoms with Crippen LogP contribution < -0.4 is 18.9 Å². The zero-order valence-electron chi connectivity index (χ0n) is 13.0. The van der Waals surface area contributed by atoms with Crippen LogP contribution in [0.1, 0.15) is 44.2 Å². The fourth-order valence-electron chi connectivity index (χ4n) is 2.62. The van der Waals surface area contributed by atoms with Gasteiger partial charge in [-0.2, -0.15) is 0 Å². The molecular formula is C19H23Li. The maximum atomic E-state index is 2.36. The van der Waals surface area contributed by atoms with Crippen LogP contribution in [0.25, 0.3) is 0 Å². The number of hydrogen-bond donors (Lipinski definition) is 0. The molecule has 0 saturated carbocycles. The van der Waals surface area contributed by atoms with Crippen LogP contribution in [0, 0.1) is 11.8 Å². The molecule has 1 heteroatoms. The topological polar surface area (TPSA) is 0 Å². The van der Waals surface area contributed by atoms with E-state index in [1.165, 1.54) is 29.9 Å². The smallest absolute Gasteiger partial charge is 0.120 e. The predicted molar refractivity (Wildman–Crippen MR) is 83.0 cm³/mol. The van der Waals surface area contributed by atoms with Crippen molar-refractivity contribution in [3.05, 3.63) is 77.7 Å². The first kappa shape index (κ1) is 17.0. The second-order valence-corrected chi connectivity index (χ2v) is 5.31. The van der Waals surface area contributed by atoms with Gasteiger partial charge in [0.05, 0.1) is 0 Å². The van der Waals surface area contributed by atoms with Gasteiger partial charge < -0.3 is 0 Å². The van der Waals surface area contributed by atoms with Gasteiger partial charge in [-0.3, -0.25) is 0 Å². The van der Waals surface area contributed by atoms with Gasteiger partial charge in [0.1, 0.15) is 0 Å². The molecule has 1 atom stereocenters. The van der Waals surface area contributed by atoms with Gasteiger partial charge in [-0.05, 0) is 5.92 Å². The molecule has 0 N–H and O–H groups in total. The Hall–Kier alpha value is -1.09. The molecule has 20 heavy (non-hydrogen) atoms. The van der Waals surface area contributed by atoms with Gasteiger partial charge in [-0.15, -0.1) is 41.3 Å². The third-order valence-electron chi connectivity index (χ3n) is 3.58. The van der Waals surface area contributed by atoms with Crippen LogP contribution in [0.4, 0.5) is 0 Å². The summed E-state index contributed by atoms with van der Waals surface area (Å²) in [6.45, 7) is 4.62. The average molecular weight is 258 g/mol. The Kier molecular flexibility index (Phi) is 7.59. The van der Waals surface area contributed by atoms with E-state index in [1.54, 1.807) is 0 Å². The molecule has 0 spiro atoms. The van der Waals surface area contributed by atoms with Crippen LogP contribution in [-0.4, -0.2) is 0 Å². The summed E-state index contributed by atoms with van der Waals surface area (Å²) in [4.78, 5) is 0. The largest absolute Gasteiger partial charge is 1.00 e. The summed E-state index contributed by atoms with van der Waals surface area (Å²) in [5, 5.41) is 0. The minimum atomic E-state index is 0. The van der Waals surface area contributed by atoms with E-state index < -0.39 is 0 Å². The molecule has 100 valence electrons. The van der Waals surface area contributed by atoms with Crippen molar-refractivity contribution in [1.29, 1.82) is 0 Å². The molecule has 0 aliphatic carbocycles. The van der Waals surface area contributed by atoms with E-state index in [0.717, 1.165) is 12.3 Å². The minimum Gasteiger partial charge on any atom is -0.120 e. The first-order valence-corrected chi connectivity index (χ1v) is 7.28. The van der Waals surface area contributed by atoms with Gasteiger partial charge in [0.25, 0.3) is 0 Å². The molecule has 0 aliphatic heterocycles. The normalized spacial score (nSPS) is 11.5. The summed E-state index contributed by atoms with van der Waals surface area (Å²) < 4.78 is 0. The molecule has 0 fully saturated rings. The van der Waals surface area contributed by atoms with E-state index >= 15 is 0 Å². The van der Waals surface area contributed by atoms with Crippen LogP contribution in [0.5, 0.6) is 0 Å². The molecule has 1 unspecified atom stereocenters.